The van der Waals surface area contributed by atoms with Crippen molar-refractivity contribution in [2.24, 2.45) is 0 Å². The predicted octanol–water partition coefficient (Wildman–Crippen LogP) is 1.87. The predicted molar refractivity (Wildman–Crippen MR) is 72.4 cm³/mol. The minimum Gasteiger partial charge on any atom is -0.395 e. The number of hydrogen-bond acceptors (Lipinski definition) is 4. The summed E-state index contributed by atoms with van der Waals surface area (Å²) in [5, 5.41) is 11.8. The van der Waals surface area contributed by atoms with Crippen LogP contribution in [0, 0.1) is 0 Å². The van der Waals surface area contributed by atoms with E-state index in [1.807, 2.05) is 6.92 Å². The number of aliphatic hydroxyl groups is 1. The number of rotatable bonds is 7. The first-order valence-corrected chi connectivity index (χ1v) is 6.45. The van der Waals surface area contributed by atoms with Crippen LogP contribution in [0.4, 0.5) is 14.6 Å². The summed E-state index contributed by atoms with van der Waals surface area (Å²) in [5.41, 5.74) is 0.0757. The third-order valence-corrected chi connectivity index (χ3v) is 2.76. The van der Waals surface area contributed by atoms with Gasteiger partial charge in [0.25, 0.3) is 12.3 Å². The molecule has 0 radical (unpaired) electrons. The lowest BCUT2D eigenvalue weighted by atomic mass is 10.2. The molecule has 0 unspecified atom stereocenters. The second-order valence-electron chi connectivity index (χ2n) is 3.95. The Morgan fingerprint density at radius 3 is 2.85 bits per heavy atom. The van der Waals surface area contributed by atoms with Gasteiger partial charge in [0.2, 0.25) is 0 Å². The van der Waals surface area contributed by atoms with Crippen LogP contribution in [0.1, 0.15) is 17.3 Å². The summed E-state index contributed by atoms with van der Waals surface area (Å²) in [5.74, 6) is -0.229. The number of nitrogens with one attached hydrogen (secondary N) is 1. The van der Waals surface area contributed by atoms with Gasteiger partial charge in [-0.25, -0.2) is 13.8 Å². The van der Waals surface area contributed by atoms with Gasteiger partial charge in [-0.15, -0.1) is 0 Å². The average Bonchev–Trinajstić information content (AvgIpc) is 2.39. The van der Waals surface area contributed by atoms with Gasteiger partial charge in [-0.05, 0) is 13.0 Å². The van der Waals surface area contributed by atoms with Crippen molar-refractivity contribution in [2.75, 3.05) is 31.6 Å². The number of nitrogens with zero attached hydrogens (tertiary/aromatic N) is 2. The Balaban J connectivity index is 3.00. The van der Waals surface area contributed by atoms with Crippen LogP contribution in [0.2, 0.25) is 5.02 Å². The fourth-order valence-electron chi connectivity index (χ4n) is 1.61. The summed E-state index contributed by atoms with van der Waals surface area (Å²) in [6.45, 7) is 1.11. The van der Waals surface area contributed by atoms with E-state index in [9.17, 15) is 13.6 Å². The van der Waals surface area contributed by atoms with Gasteiger partial charge in [0, 0.05) is 19.3 Å². The zero-order valence-corrected chi connectivity index (χ0v) is 11.7. The second-order valence-corrected chi connectivity index (χ2v) is 4.35. The van der Waals surface area contributed by atoms with Crippen LogP contribution in [-0.4, -0.2) is 53.6 Å². The molecule has 0 bridgehead atoms. The number of aliphatic hydroxyl groups excluding tert-OH is 1. The molecule has 0 spiro atoms. The first-order valence-electron chi connectivity index (χ1n) is 6.07. The molecule has 0 atom stereocenters. The number of hydrogen-bond donors (Lipinski definition) is 2. The lowest BCUT2D eigenvalue weighted by Gasteiger charge is -2.22. The molecule has 8 heteroatoms. The van der Waals surface area contributed by atoms with Crippen LogP contribution < -0.4 is 5.32 Å². The van der Waals surface area contributed by atoms with Gasteiger partial charge in [-0.1, -0.05) is 11.6 Å². The van der Waals surface area contributed by atoms with E-state index in [1.54, 1.807) is 0 Å². The fourth-order valence-corrected chi connectivity index (χ4v) is 1.80. The summed E-state index contributed by atoms with van der Waals surface area (Å²) in [4.78, 5) is 17.0. The number of carbonyl (C=O) groups excluding carboxylic acids is 1. The van der Waals surface area contributed by atoms with Crippen LogP contribution in [0.5, 0.6) is 0 Å². The van der Waals surface area contributed by atoms with Crippen LogP contribution in [0.3, 0.4) is 0 Å². The highest BCUT2D eigenvalue weighted by Crippen LogP contribution is 2.20. The van der Waals surface area contributed by atoms with Crippen LogP contribution in [0.15, 0.2) is 12.3 Å². The molecule has 0 saturated heterocycles. The molecule has 0 aliphatic rings. The smallest absolute Gasteiger partial charge is 0.255 e. The molecule has 1 heterocycles. The van der Waals surface area contributed by atoms with E-state index in [1.165, 1.54) is 12.3 Å². The molecule has 1 amide bonds. The summed E-state index contributed by atoms with van der Waals surface area (Å²) in [6, 6.07) is 1.41. The van der Waals surface area contributed by atoms with Crippen LogP contribution in [-0.2, 0) is 0 Å². The zero-order valence-electron chi connectivity index (χ0n) is 10.9. The van der Waals surface area contributed by atoms with E-state index in [0.29, 0.717) is 12.4 Å². The Kier molecular flexibility index (Phi) is 6.60. The molecule has 1 aromatic heterocycles. The van der Waals surface area contributed by atoms with Gasteiger partial charge in [0.05, 0.1) is 23.7 Å². The third-order valence-electron chi connectivity index (χ3n) is 2.46. The standard InChI is InChI=1S/C12H16ClF2N3O2/c1-2-16-11-5-8(9(13)6-17-11)12(20)18(3-4-19)7-10(14)15/h5-6,10,19H,2-4,7H2,1H3,(H,16,17). The second kappa shape index (κ2) is 7.96. The van der Waals surface area contributed by atoms with Gasteiger partial charge < -0.3 is 15.3 Å². The van der Waals surface area contributed by atoms with Crippen molar-refractivity contribution in [1.29, 1.82) is 0 Å². The van der Waals surface area contributed by atoms with Crippen molar-refractivity contribution < 1.29 is 18.7 Å². The largest absolute Gasteiger partial charge is 0.395 e. The molecule has 20 heavy (non-hydrogen) atoms. The lowest BCUT2D eigenvalue weighted by Crippen LogP contribution is -2.37. The topological polar surface area (TPSA) is 65.5 Å². The van der Waals surface area contributed by atoms with Crippen LogP contribution >= 0.6 is 11.6 Å². The van der Waals surface area contributed by atoms with Crippen molar-refractivity contribution in [1.82, 2.24) is 9.88 Å². The van der Waals surface area contributed by atoms with Crippen molar-refractivity contribution in [2.45, 2.75) is 13.3 Å². The molecule has 0 aliphatic carbocycles. The van der Waals surface area contributed by atoms with Crippen LogP contribution in [0.25, 0.3) is 0 Å². The number of halogens is 3. The highest BCUT2D eigenvalue weighted by atomic mass is 35.5. The first kappa shape index (κ1) is 16.6. The quantitative estimate of drug-likeness (QED) is 0.807. The number of pyridine rings is 1. The number of alkyl halides is 2. The Morgan fingerprint density at radius 1 is 1.60 bits per heavy atom. The summed E-state index contributed by atoms with van der Waals surface area (Å²) >= 11 is 5.88. The minimum absolute atomic E-state index is 0.0757. The molecule has 0 fully saturated rings. The Hall–Kier alpha value is -1.47. The van der Waals surface area contributed by atoms with Gasteiger partial charge in [-0.3, -0.25) is 4.79 Å². The monoisotopic (exact) mass is 307 g/mol. The van der Waals surface area contributed by atoms with E-state index in [-0.39, 0.29) is 17.1 Å². The molecule has 0 aromatic carbocycles. The van der Waals surface area contributed by atoms with E-state index < -0.39 is 25.5 Å². The average molecular weight is 308 g/mol. The van der Waals surface area contributed by atoms with E-state index in [2.05, 4.69) is 10.3 Å². The molecule has 1 aromatic rings. The molecule has 112 valence electrons. The number of aromatic nitrogens is 1. The van der Waals surface area contributed by atoms with Gasteiger partial charge in [0.15, 0.2) is 0 Å². The molecular formula is C12H16ClF2N3O2. The number of amides is 1. The highest BCUT2D eigenvalue weighted by Gasteiger charge is 2.22. The minimum atomic E-state index is -2.68. The molecule has 0 saturated carbocycles. The normalized spacial score (nSPS) is 10.7. The lowest BCUT2D eigenvalue weighted by molar-refractivity contribution is 0.0509. The van der Waals surface area contributed by atoms with Crippen molar-refractivity contribution in [3.63, 3.8) is 0 Å². The van der Waals surface area contributed by atoms with Gasteiger partial charge >= 0.3 is 0 Å². The maximum Gasteiger partial charge on any atom is 0.255 e. The summed E-state index contributed by atoms with van der Waals surface area (Å²) < 4.78 is 24.9. The zero-order chi connectivity index (χ0) is 15.1. The molecule has 0 aliphatic heterocycles. The summed E-state index contributed by atoms with van der Waals surface area (Å²) in [6.07, 6.45) is -1.40. The first-order chi connectivity index (χ1) is 9.49. The number of anilines is 1. The maximum atomic E-state index is 12.5. The summed E-state index contributed by atoms with van der Waals surface area (Å²) in [7, 11) is 0. The van der Waals surface area contributed by atoms with E-state index in [0.717, 1.165) is 4.90 Å². The maximum absolute atomic E-state index is 12.5. The fraction of sp³-hybridized carbons (Fsp3) is 0.500. The SMILES string of the molecule is CCNc1cc(C(=O)N(CCO)CC(F)F)c(Cl)cn1. The number of carbonyl (C=O) groups is 1. The van der Waals surface area contributed by atoms with Gasteiger partial charge in [-0.2, -0.15) is 0 Å². The third kappa shape index (κ3) is 4.57. The van der Waals surface area contributed by atoms with Crippen molar-refractivity contribution in [3.05, 3.63) is 22.8 Å². The molecule has 5 nitrogen and oxygen atoms in total. The van der Waals surface area contributed by atoms with Gasteiger partial charge in [0.1, 0.15) is 5.82 Å². The Morgan fingerprint density at radius 2 is 2.30 bits per heavy atom. The molecule has 2 N–H and O–H groups in total. The van der Waals surface area contributed by atoms with E-state index in [4.69, 9.17) is 16.7 Å². The van der Waals surface area contributed by atoms with Crippen molar-refractivity contribution in [3.8, 4) is 0 Å². The Labute approximate surface area is 120 Å². The van der Waals surface area contributed by atoms with Crippen molar-refractivity contribution >= 4 is 23.3 Å². The molecular weight excluding hydrogens is 292 g/mol. The highest BCUT2D eigenvalue weighted by molar-refractivity contribution is 6.33. The van der Waals surface area contributed by atoms with E-state index >= 15 is 0 Å². The Bertz CT molecular complexity index is 460. The molecule has 1 rings (SSSR count).